The molecule has 0 spiro atoms. The van der Waals surface area contributed by atoms with Gasteiger partial charge in [-0.05, 0) is 31.4 Å². The molecule has 0 unspecified atom stereocenters. The number of aromatic nitrogens is 3. The van der Waals surface area contributed by atoms with Gasteiger partial charge in [-0.15, -0.1) is 11.3 Å². The van der Waals surface area contributed by atoms with Crippen LogP contribution in [0.15, 0.2) is 12.4 Å². The van der Waals surface area contributed by atoms with Gasteiger partial charge >= 0.3 is 6.03 Å². The summed E-state index contributed by atoms with van der Waals surface area (Å²) in [5.74, 6) is 1.07. The zero-order chi connectivity index (χ0) is 17.1. The number of hydrogen-bond acceptors (Lipinski definition) is 4. The molecule has 2 amide bonds. The first-order valence-electron chi connectivity index (χ1n) is 7.71. The second-order valence-electron chi connectivity index (χ2n) is 6.20. The first-order valence-corrected chi connectivity index (χ1v) is 8.52. The summed E-state index contributed by atoms with van der Waals surface area (Å²) in [5.41, 5.74) is 1.21. The third-order valence-corrected chi connectivity index (χ3v) is 4.87. The Morgan fingerprint density at radius 3 is 2.61 bits per heavy atom. The zero-order valence-corrected chi connectivity index (χ0v) is 15.4. The van der Waals surface area contributed by atoms with Crippen molar-refractivity contribution < 1.29 is 4.79 Å². The maximum Gasteiger partial charge on any atom is 0.318 e. The van der Waals surface area contributed by atoms with Crippen LogP contribution in [0, 0.1) is 19.8 Å². The Kier molecular flexibility index (Phi) is 5.41. The number of rotatable bonds is 5. The van der Waals surface area contributed by atoms with Gasteiger partial charge in [-0.25, -0.2) is 9.78 Å². The molecule has 126 valence electrons. The fourth-order valence-corrected chi connectivity index (χ4v) is 3.53. The minimum atomic E-state index is -0.102. The predicted molar refractivity (Wildman–Crippen MR) is 92.4 cm³/mol. The highest BCUT2D eigenvalue weighted by molar-refractivity contribution is 7.12. The van der Waals surface area contributed by atoms with E-state index in [2.05, 4.69) is 49.2 Å². The lowest BCUT2D eigenvalue weighted by Gasteiger charge is -2.26. The van der Waals surface area contributed by atoms with Crippen LogP contribution in [0.4, 0.5) is 4.79 Å². The SMILES string of the molecule is Cc1cc([C@@H](NC(=O)N(C)Cc2ncnn2C)C(C)C)c(C)s1. The lowest BCUT2D eigenvalue weighted by atomic mass is 9.96. The highest BCUT2D eigenvalue weighted by Crippen LogP contribution is 2.30. The van der Waals surface area contributed by atoms with Gasteiger partial charge in [-0.3, -0.25) is 4.68 Å². The van der Waals surface area contributed by atoms with Gasteiger partial charge in [0.15, 0.2) is 0 Å². The molecule has 0 aliphatic carbocycles. The topological polar surface area (TPSA) is 63.1 Å². The molecule has 1 N–H and O–H groups in total. The molecule has 0 aromatic carbocycles. The second-order valence-corrected chi connectivity index (χ2v) is 7.66. The summed E-state index contributed by atoms with van der Waals surface area (Å²) in [6.45, 7) is 8.88. The number of carbonyl (C=O) groups is 1. The maximum atomic E-state index is 12.5. The summed E-state index contributed by atoms with van der Waals surface area (Å²) < 4.78 is 1.68. The normalized spacial score (nSPS) is 12.5. The molecule has 0 bridgehead atoms. The lowest BCUT2D eigenvalue weighted by molar-refractivity contribution is 0.197. The van der Waals surface area contributed by atoms with E-state index in [-0.39, 0.29) is 12.1 Å². The average molecular weight is 335 g/mol. The monoisotopic (exact) mass is 335 g/mol. The minimum Gasteiger partial charge on any atom is -0.331 e. The summed E-state index contributed by atoms with van der Waals surface area (Å²) >= 11 is 1.77. The summed E-state index contributed by atoms with van der Waals surface area (Å²) in [6.07, 6.45) is 1.50. The van der Waals surface area contributed by atoms with Crippen LogP contribution in [0.5, 0.6) is 0 Å². The summed E-state index contributed by atoms with van der Waals surface area (Å²) in [7, 11) is 3.59. The molecule has 0 saturated carbocycles. The summed E-state index contributed by atoms with van der Waals surface area (Å²) in [5, 5.41) is 7.18. The van der Waals surface area contributed by atoms with Crippen molar-refractivity contribution in [1.82, 2.24) is 25.0 Å². The first kappa shape index (κ1) is 17.5. The molecule has 1 atom stereocenters. The largest absolute Gasteiger partial charge is 0.331 e. The van der Waals surface area contributed by atoms with Gasteiger partial charge in [0.1, 0.15) is 12.2 Å². The van der Waals surface area contributed by atoms with E-state index >= 15 is 0 Å². The number of thiophene rings is 1. The molecule has 2 heterocycles. The van der Waals surface area contributed by atoms with E-state index in [1.165, 1.54) is 21.6 Å². The number of nitrogens with zero attached hydrogens (tertiary/aromatic N) is 4. The quantitative estimate of drug-likeness (QED) is 0.913. The van der Waals surface area contributed by atoms with Crippen LogP contribution in [0.2, 0.25) is 0 Å². The number of carbonyl (C=O) groups excluding carboxylic acids is 1. The Hall–Kier alpha value is -1.89. The van der Waals surface area contributed by atoms with E-state index in [1.54, 1.807) is 28.0 Å². The van der Waals surface area contributed by atoms with Crippen LogP contribution in [0.3, 0.4) is 0 Å². The Balaban J connectivity index is 2.09. The van der Waals surface area contributed by atoms with Crippen molar-refractivity contribution in [3.05, 3.63) is 33.5 Å². The van der Waals surface area contributed by atoms with Gasteiger partial charge in [0.2, 0.25) is 0 Å². The van der Waals surface area contributed by atoms with Crippen molar-refractivity contribution in [2.45, 2.75) is 40.3 Å². The Morgan fingerprint density at radius 1 is 1.43 bits per heavy atom. The van der Waals surface area contributed by atoms with Crippen LogP contribution >= 0.6 is 11.3 Å². The highest BCUT2D eigenvalue weighted by Gasteiger charge is 2.23. The Bertz CT molecular complexity index is 676. The van der Waals surface area contributed by atoms with Crippen molar-refractivity contribution >= 4 is 17.4 Å². The molecule has 23 heavy (non-hydrogen) atoms. The summed E-state index contributed by atoms with van der Waals surface area (Å²) in [4.78, 5) is 20.9. The molecule has 0 saturated heterocycles. The number of hydrogen-bond donors (Lipinski definition) is 1. The van der Waals surface area contributed by atoms with Gasteiger partial charge < -0.3 is 10.2 Å². The van der Waals surface area contributed by atoms with E-state index in [1.807, 2.05) is 7.05 Å². The van der Waals surface area contributed by atoms with Gasteiger partial charge in [0, 0.05) is 23.8 Å². The summed E-state index contributed by atoms with van der Waals surface area (Å²) in [6, 6.07) is 2.08. The molecule has 0 aliphatic rings. The van der Waals surface area contributed by atoms with Gasteiger partial charge in [-0.2, -0.15) is 5.10 Å². The van der Waals surface area contributed by atoms with Crippen molar-refractivity contribution in [1.29, 1.82) is 0 Å². The molecule has 2 rings (SSSR count). The molecule has 0 radical (unpaired) electrons. The van der Waals surface area contributed by atoms with E-state index < -0.39 is 0 Å². The van der Waals surface area contributed by atoms with E-state index in [4.69, 9.17) is 0 Å². The predicted octanol–water partition coefficient (Wildman–Crippen LogP) is 3.03. The second kappa shape index (κ2) is 7.12. The van der Waals surface area contributed by atoms with E-state index in [9.17, 15) is 4.79 Å². The number of nitrogens with one attached hydrogen (secondary N) is 1. The molecule has 7 heteroatoms. The molecule has 0 aliphatic heterocycles. The van der Waals surface area contributed by atoms with E-state index in [0.717, 1.165) is 5.82 Å². The molecule has 6 nitrogen and oxygen atoms in total. The Morgan fingerprint density at radius 2 is 2.13 bits per heavy atom. The number of urea groups is 1. The maximum absolute atomic E-state index is 12.5. The molecule has 0 fully saturated rings. The van der Waals surface area contributed by atoms with Gasteiger partial charge in [0.25, 0.3) is 0 Å². The highest BCUT2D eigenvalue weighted by atomic mass is 32.1. The number of aryl methyl sites for hydroxylation is 3. The van der Waals surface area contributed by atoms with Crippen LogP contribution < -0.4 is 5.32 Å². The molecular formula is C16H25N5OS. The standard InChI is InChI=1S/C16H25N5OS/c1-10(2)15(13-7-11(3)23-12(13)4)19-16(22)20(5)8-14-17-9-18-21(14)6/h7,9-10,15H,8H2,1-6H3,(H,19,22)/t15-/m0/s1. The third kappa shape index (κ3) is 4.10. The average Bonchev–Trinajstić information content (AvgIpc) is 3.01. The van der Waals surface area contributed by atoms with Gasteiger partial charge in [0.05, 0.1) is 12.6 Å². The molecule has 2 aromatic rings. The Labute approximate surface area is 141 Å². The van der Waals surface area contributed by atoms with Crippen LogP contribution in [0.25, 0.3) is 0 Å². The van der Waals surface area contributed by atoms with Crippen molar-refractivity contribution in [3.63, 3.8) is 0 Å². The zero-order valence-electron chi connectivity index (χ0n) is 14.6. The molecule has 2 aromatic heterocycles. The van der Waals surface area contributed by atoms with Crippen molar-refractivity contribution in [3.8, 4) is 0 Å². The minimum absolute atomic E-state index is 0.00870. The van der Waals surface area contributed by atoms with Gasteiger partial charge in [-0.1, -0.05) is 13.8 Å². The van der Waals surface area contributed by atoms with Crippen LogP contribution in [-0.4, -0.2) is 32.7 Å². The smallest absolute Gasteiger partial charge is 0.318 e. The fourth-order valence-electron chi connectivity index (χ4n) is 2.55. The first-order chi connectivity index (χ1) is 10.8. The van der Waals surface area contributed by atoms with Crippen molar-refractivity contribution in [2.24, 2.45) is 13.0 Å². The van der Waals surface area contributed by atoms with E-state index in [0.29, 0.717) is 12.5 Å². The number of amides is 2. The van der Waals surface area contributed by atoms with Crippen LogP contribution in [-0.2, 0) is 13.6 Å². The fraction of sp³-hybridized carbons (Fsp3) is 0.562. The molecular weight excluding hydrogens is 310 g/mol. The lowest BCUT2D eigenvalue weighted by Crippen LogP contribution is -2.41. The van der Waals surface area contributed by atoms with Crippen molar-refractivity contribution in [2.75, 3.05) is 7.05 Å². The third-order valence-electron chi connectivity index (χ3n) is 3.89. The van der Waals surface area contributed by atoms with Crippen LogP contribution in [0.1, 0.15) is 41.0 Å².